The van der Waals surface area contributed by atoms with Gasteiger partial charge in [-0.3, -0.25) is 4.79 Å². The minimum atomic E-state index is -1.20. The van der Waals surface area contributed by atoms with E-state index in [9.17, 15) is 24.3 Å². The molecule has 2 aromatic rings. The van der Waals surface area contributed by atoms with Crippen LogP contribution in [0, 0.1) is 11.8 Å². The normalized spacial score (nSPS) is 14.0. The summed E-state index contributed by atoms with van der Waals surface area (Å²) in [6.45, 7) is 12.9. The van der Waals surface area contributed by atoms with Crippen molar-refractivity contribution >= 4 is 24.0 Å². The summed E-state index contributed by atoms with van der Waals surface area (Å²) in [7, 11) is 1.27. The molecular formula is C36H54N4O7. The molecule has 260 valence electrons. The molecule has 0 aliphatic heterocycles. The summed E-state index contributed by atoms with van der Waals surface area (Å²) >= 11 is 0. The Hall–Kier alpha value is -4.12. The Morgan fingerprint density at radius 1 is 0.787 bits per heavy atom. The molecule has 11 heteroatoms. The van der Waals surface area contributed by atoms with Gasteiger partial charge in [0.2, 0.25) is 5.91 Å². The number of methoxy groups -OCH3 is 1. The molecule has 11 nitrogen and oxygen atoms in total. The van der Waals surface area contributed by atoms with Gasteiger partial charge in [-0.1, -0.05) is 88.4 Å². The highest BCUT2D eigenvalue weighted by molar-refractivity contribution is 5.90. The van der Waals surface area contributed by atoms with Crippen LogP contribution in [0.3, 0.4) is 0 Å². The molecule has 0 saturated heterocycles. The zero-order valence-electron chi connectivity index (χ0n) is 29.1. The number of amides is 4. The van der Waals surface area contributed by atoms with Crippen LogP contribution in [-0.2, 0) is 32.0 Å². The van der Waals surface area contributed by atoms with E-state index in [1.54, 1.807) is 20.8 Å². The second kappa shape index (κ2) is 18.9. The Bertz CT molecular complexity index is 1270. The van der Waals surface area contributed by atoms with E-state index in [2.05, 4.69) is 16.0 Å². The number of alkyl carbamates (subject to hydrolysis) is 1. The van der Waals surface area contributed by atoms with Crippen LogP contribution in [0.15, 0.2) is 60.7 Å². The number of ether oxygens (including phenoxy) is 2. The lowest BCUT2D eigenvalue weighted by atomic mass is 10.00. The third-order valence-corrected chi connectivity index (χ3v) is 7.21. The van der Waals surface area contributed by atoms with Crippen molar-refractivity contribution in [1.82, 2.24) is 20.9 Å². The summed E-state index contributed by atoms with van der Waals surface area (Å²) in [5.74, 6) is -0.915. The van der Waals surface area contributed by atoms with Crippen LogP contribution >= 0.6 is 0 Å². The highest BCUT2D eigenvalue weighted by Crippen LogP contribution is 2.15. The highest BCUT2D eigenvalue weighted by atomic mass is 16.6. The number of urea groups is 1. The van der Waals surface area contributed by atoms with Crippen molar-refractivity contribution in [2.45, 2.75) is 104 Å². The maximum atomic E-state index is 13.9. The smallest absolute Gasteiger partial charge is 0.407 e. The van der Waals surface area contributed by atoms with Crippen molar-refractivity contribution in [3.05, 3.63) is 71.8 Å². The SMILES string of the molecule is COC(=O)[C@H](CC(C)C)NC(=O)[C@H](CC(C)C)NC(=O)N(Cc1ccccc1)CC(O)C(Cc1ccccc1)NC(=O)OC(C)(C)C. The fraction of sp³-hybridized carbons (Fsp3) is 0.556. The van der Waals surface area contributed by atoms with E-state index in [0.717, 1.165) is 11.1 Å². The number of carbonyl (C=O) groups excluding carboxylic acids is 4. The molecule has 2 unspecified atom stereocenters. The first kappa shape index (κ1) is 39.1. The van der Waals surface area contributed by atoms with Crippen LogP contribution in [0.4, 0.5) is 9.59 Å². The number of esters is 1. The fourth-order valence-corrected chi connectivity index (χ4v) is 5.03. The molecule has 0 bridgehead atoms. The lowest BCUT2D eigenvalue weighted by molar-refractivity contribution is -0.145. The lowest BCUT2D eigenvalue weighted by Crippen LogP contribution is -2.57. The molecule has 0 aromatic heterocycles. The number of hydrogen-bond donors (Lipinski definition) is 4. The van der Waals surface area contributed by atoms with Gasteiger partial charge in [0.05, 0.1) is 25.8 Å². The Labute approximate surface area is 279 Å². The Morgan fingerprint density at radius 2 is 1.32 bits per heavy atom. The third kappa shape index (κ3) is 14.9. The Morgan fingerprint density at radius 3 is 1.83 bits per heavy atom. The number of hydrogen-bond acceptors (Lipinski definition) is 7. The summed E-state index contributed by atoms with van der Waals surface area (Å²) < 4.78 is 10.4. The van der Waals surface area contributed by atoms with E-state index in [4.69, 9.17) is 9.47 Å². The summed E-state index contributed by atoms with van der Waals surface area (Å²) in [6.07, 6.45) is -0.923. The number of nitrogens with zero attached hydrogens (tertiary/aromatic N) is 1. The van der Waals surface area contributed by atoms with Crippen LogP contribution in [0.5, 0.6) is 0 Å². The van der Waals surface area contributed by atoms with Gasteiger partial charge in [-0.25, -0.2) is 14.4 Å². The maximum absolute atomic E-state index is 13.9. The Balaban J connectivity index is 2.36. The molecule has 4 atom stereocenters. The van der Waals surface area contributed by atoms with Crippen molar-refractivity contribution in [3.8, 4) is 0 Å². The average Bonchev–Trinajstić information content (AvgIpc) is 2.98. The largest absolute Gasteiger partial charge is 0.467 e. The van der Waals surface area contributed by atoms with Crippen LogP contribution in [0.2, 0.25) is 0 Å². The zero-order chi connectivity index (χ0) is 35.1. The van der Waals surface area contributed by atoms with Gasteiger partial charge in [0.1, 0.15) is 17.7 Å². The van der Waals surface area contributed by atoms with Crippen molar-refractivity contribution in [2.75, 3.05) is 13.7 Å². The van der Waals surface area contributed by atoms with Gasteiger partial charge in [-0.05, 0) is 63.0 Å². The first-order valence-electron chi connectivity index (χ1n) is 16.3. The van der Waals surface area contributed by atoms with E-state index in [-0.39, 0.29) is 31.3 Å². The van der Waals surface area contributed by atoms with Gasteiger partial charge in [-0.2, -0.15) is 0 Å². The predicted molar refractivity (Wildman–Crippen MR) is 181 cm³/mol. The third-order valence-electron chi connectivity index (χ3n) is 7.21. The number of aliphatic hydroxyl groups is 1. The molecule has 0 aliphatic carbocycles. The van der Waals surface area contributed by atoms with Gasteiger partial charge in [0.15, 0.2) is 0 Å². The van der Waals surface area contributed by atoms with Gasteiger partial charge >= 0.3 is 18.1 Å². The van der Waals surface area contributed by atoms with E-state index in [0.29, 0.717) is 12.8 Å². The Kier molecular flexibility index (Phi) is 15.7. The van der Waals surface area contributed by atoms with Gasteiger partial charge in [0.25, 0.3) is 0 Å². The van der Waals surface area contributed by atoms with E-state index in [1.165, 1.54) is 12.0 Å². The van der Waals surface area contributed by atoms with Crippen LogP contribution in [0.1, 0.15) is 72.4 Å². The summed E-state index contributed by atoms with van der Waals surface area (Å²) in [6, 6.07) is 15.5. The van der Waals surface area contributed by atoms with Crippen LogP contribution in [-0.4, -0.2) is 77.5 Å². The summed E-state index contributed by atoms with van der Waals surface area (Å²) in [4.78, 5) is 54.1. The molecule has 4 amide bonds. The van der Waals surface area contributed by atoms with Crippen LogP contribution in [0.25, 0.3) is 0 Å². The first-order valence-corrected chi connectivity index (χ1v) is 16.3. The van der Waals surface area contributed by atoms with Crippen molar-refractivity contribution < 1.29 is 33.8 Å². The fourth-order valence-electron chi connectivity index (χ4n) is 5.03. The predicted octanol–water partition coefficient (Wildman–Crippen LogP) is 4.81. The average molecular weight is 655 g/mol. The minimum absolute atomic E-state index is 0.0363. The van der Waals surface area contributed by atoms with E-state index >= 15 is 0 Å². The monoisotopic (exact) mass is 654 g/mol. The molecule has 4 N–H and O–H groups in total. The van der Waals surface area contributed by atoms with Crippen LogP contribution < -0.4 is 16.0 Å². The van der Waals surface area contributed by atoms with E-state index < -0.39 is 53.8 Å². The number of carbonyl (C=O) groups is 4. The van der Waals surface area contributed by atoms with E-state index in [1.807, 2.05) is 88.4 Å². The molecule has 0 spiro atoms. The standard InChI is InChI=1S/C36H54N4O7/c1-24(2)19-29(32(42)37-30(20-25(3)4)33(43)46-8)38-34(44)40(22-27-17-13-10-14-18-27)23-31(41)28(21-26-15-11-9-12-16-26)39-35(45)47-36(5,6)7/h9-18,24-25,28-31,41H,19-23H2,1-8H3,(H,37,42)(H,38,44)(H,39,45)/t28?,29-,30-,31?/m0/s1. The summed E-state index contributed by atoms with van der Waals surface area (Å²) in [5, 5.41) is 20.0. The number of nitrogens with one attached hydrogen (secondary N) is 3. The minimum Gasteiger partial charge on any atom is -0.467 e. The number of benzene rings is 2. The maximum Gasteiger partial charge on any atom is 0.407 e. The van der Waals surface area contributed by atoms with Gasteiger partial charge in [-0.15, -0.1) is 0 Å². The number of aliphatic hydroxyl groups excluding tert-OH is 1. The summed E-state index contributed by atoms with van der Waals surface area (Å²) in [5.41, 5.74) is 0.934. The first-order chi connectivity index (χ1) is 22.1. The van der Waals surface area contributed by atoms with Crippen molar-refractivity contribution in [3.63, 3.8) is 0 Å². The van der Waals surface area contributed by atoms with Gasteiger partial charge in [0, 0.05) is 6.54 Å². The van der Waals surface area contributed by atoms with Crippen molar-refractivity contribution in [2.24, 2.45) is 11.8 Å². The molecule has 47 heavy (non-hydrogen) atoms. The van der Waals surface area contributed by atoms with Gasteiger partial charge < -0.3 is 35.4 Å². The number of rotatable bonds is 16. The topological polar surface area (TPSA) is 146 Å². The lowest BCUT2D eigenvalue weighted by Gasteiger charge is -2.32. The quantitative estimate of drug-likeness (QED) is 0.190. The zero-order valence-corrected chi connectivity index (χ0v) is 29.1. The second-order valence-electron chi connectivity index (χ2n) is 13.7. The molecule has 0 radical (unpaired) electrons. The molecule has 0 heterocycles. The molecule has 2 aromatic carbocycles. The molecule has 2 rings (SSSR count). The molecule has 0 saturated carbocycles. The highest BCUT2D eigenvalue weighted by Gasteiger charge is 2.32. The molecule has 0 fully saturated rings. The second-order valence-corrected chi connectivity index (χ2v) is 13.7. The molecule has 0 aliphatic rings. The molecular weight excluding hydrogens is 600 g/mol. The van der Waals surface area contributed by atoms with Crippen molar-refractivity contribution in [1.29, 1.82) is 0 Å².